The smallest absolute Gasteiger partial charge is 0.423 e. The Hall–Kier alpha value is -3.38. The van der Waals surface area contributed by atoms with E-state index < -0.39 is 25.1 Å². The summed E-state index contributed by atoms with van der Waals surface area (Å²) in [7, 11) is -1.76. The Morgan fingerprint density at radius 3 is 2.29 bits per heavy atom. The zero-order valence-electron chi connectivity index (χ0n) is 18.2. The summed E-state index contributed by atoms with van der Waals surface area (Å²) in [6.07, 6.45) is -2.88. The highest BCUT2D eigenvalue weighted by atomic mass is 19.4. The lowest BCUT2D eigenvalue weighted by Gasteiger charge is -2.14. The standard InChI is InChI=1S/C22H25BF3N3O5/c24-22(25,26)21(32)28-11-5-1-4-10-27-20(31)15-8-9-18(23(33)34)17(12-15)13-29-19-7-3-2-6-16(19)14-30/h2-3,6-9,12,14,29,33-34H,1,4-5,10-11,13H2,(H,27,31)(H,28,32). The van der Waals surface area contributed by atoms with Crippen LogP contribution < -0.4 is 21.4 Å². The minimum atomic E-state index is -4.90. The molecule has 2 aromatic carbocycles. The SMILES string of the molecule is O=Cc1ccccc1NCc1cc(C(=O)NCCCCCNC(=O)C(F)(F)F)ccc1B(O)O. The van der Waals surface area contributed by atoms with E-state index in [4.69, 9.17) is 0 Å². The topological polar surface area (TPSA) is 128 Å². The van der Waals surface area contributed by atoms with Gasteiger partial charge in [0.2, 0.25) is 0 Å². The number of unbranched alkanes of at least 4 members (excludes halogenated alkanes) is 2. The first-order valence-electron chi connectivity index (χ1n) is 10.5. The van der Waals surface area contributed by atoms with Gasteiger partial charge < -0.3 is 26.0 Å². The number of nitrogens with one attached hydrogen (secondary N) is 3. The Morgan fingerprint density at radius 1 is 0.971 bits per heavy atom. The van der Waals surface area contributed by atoms with E-state index in [-0.39, 0.29) is 30.7 Å². The number of para-hydroxylation sites is 1. The molecule has 34 heavy (non-hydrogen) atoms. The number of anilines is 1. The average molecular weight is 479 g/mol. The lowest BCUT2D eigenvalue weighted by molar-refractivity contribution is -0.173. The second-order valence-electron chi connectivity index (χ2n) is 7.42. The van der Waals surface area contributed by atoms with Crippen molar-refractivity contribution < 1.29 is 37.6 Å². The average Bonchev–Trinajstić information content (AvgIpc) is 2.81. The first-order chi connectivity index (χ1) is 16.1. The van der Waals surface area contributed by atoms with E-state index in [0.29, 0.717) is 42.4 Å². The first kappa shape index (κ1) is 26.9. The molecular weight excluding hydrogens is 454 g/mol. The molecule has 12 heteroatoms. The second-order valence-corrected chi connectivity index (χ2v) is 7.42. The van der Waals surface area contributed by atoms with Crippen molar-refractivity contribution in [3.63, 3.8) is 0 Å². The summed E-state index contributed by atoms with van der Waals surface area (Å²) in [6.45, 7) is 0.292. The van der Waals surface area contributed by atoms with Gasteiger partial charge in [-0.1, -0.05) is 18.2 Å². The van der Waals surface area contributed by atoms with Gasteiger partial charge in [-0.25, -0.2) is 0 Å². The summed E-state index contributed by atoms with van der Waals surface area (Å²) in [5.41, 5.74) is 1.91. The molecule has 0 saturated heterocycles. The molecule has 0 fully saturated rings. The van der Waals surface area contributed by atoms with Gasteiger partial charge >= 0.3 is 19.2 Å². The summed E-state index contributed by atoms with van der Waals surface area (Å²) >= 11 is 0. The molecule has 0 spiro atoms. The van der Waals surface area contributed by atoms with Crippen molar-refractivity contribution >= 4 is 36.4 Å². The molecule has 0 saturated carbocycles. The predicted octanol–water partition coefficient (Wildman–Crippen LogP) is 1.37. The van der Waals surface area contributed by atoms with Crippen LogP contribution in [0.5, 0.6) is 0 Å². The number of halogens is 3. The van der Waals surface area contributed by atoms with Crippen molar-refractivity contribution in [3.8, 4) is 0 Å². The lowest BCUT2D eigenvalue weighted by Crippen LogP contribution is -2.37. The maximum absolute atomic E-state index is 12.5. The van der Waals surface area contributed by atoms with Crippen LogP contribution >= 0.6 is 0 Å². The van der Waals surface area contributed by atoms with Gasteiger partial charge in [0.15, 0.2) is 6.29 Å². The van der Waals surface area contributed by atoms with E-state index in [1.165, 1.54) is 18.2 Å². The fourth-order valence-corrected chi connectivity index (χ4v) is 3.14. The second kappa shape index (κ2) is 12.8. The number of amides is 2. The van der Waals surface area contributed by atoms with Crippen LogP contribution in [0, 0.1) is 0 Å². The number of rotatable bonds is 12. The Kier molecular flexibility index (Phi) is 10.1. The van der Waals surface area contributed by atoms with Gasteiger partial charge in [0.05, 0.1) is 0 Å². The van der Waals surface area contributed by atoms with Gasteiger partial charge in [-0.2, -0.15) is 13.2 Å². The van der Waals surface area contributed by atoms with Crippen LogP contribution in [0.2, 0.25) is 0 Å². The van der Waals surface area contributed by atoms with E-state index >= 15 is 0 Å². The zero-order chi connectivity index (χ0) is 25.1. The molecule has 0 aliphatic carbocycles. The molecule has 0 radical (unpaired) electrons. The highest BCUT2D eigenvalue weighted by Crippen LogP contribution is 2.15. The number of hydrogen-bond donors (Lipinski definition) is 5. The fraction of sp³-hybridized carbons (Fsp3) is 0.318. The summed E-state index contributed by atoms with van der Waals surface area (Å²) in [5.74, 6) is -2.38. The van der Waals surface area contributed by atoms with Crippen molar-refractivity contribution in [2.24, 2.45) is 0 Å². The van der Waals surface area contributed by atoms with Gasteiger partial charge in [-0.3, -0.25) is 14.4 Å². The molecule has 0 aliphatic rings. The minimum absolute atomic E-state index is 0.110. The van der Waals surface area contributed by atoms with E-state index in [1.54, 1.807) is 29.6 Å². The number of alkyl halides is 3. The molecule has 2 rings (SSSR count). The molecule has 182 valence electrons. The van der Waals surface area contributed by atoms with Gasteiger partial charge in [0.25, 0.3) is 5.91 Å². The molecule has 0 aromatic heterocycles. The molecule has 8 nitrogen and oxygen atoms in total. The summed E-state index contributed by atoms with van der Waals surface area (Å²) in [5, 5.41) is 26.8. The van der Waals surface area contributed by atoms with Crippen molar-refractivity contribution in [1.82, 2.24) is 10.6 Å². The van der Waals surface area contributed by atoms with Crippen molar-refractivity contribution in [1.29, 1.82) is 0 Å². The Morgan fingerprint density at radius 2 is 1.65 bits per heavy atom. The zero-order valence-corrected chi connectivity index (χ0v) is 18.2. The van der Waals surface area contributed by atoms with Gasteiger partial charge in [0.1, 0.15) is 0 Å². The van der Waals surface area contributed by atoms with Crippen LogP contribution in [0.4, 0.5) is 18.9 Å². The number of carbonyl (C=O) groups excluding carboxylic acids is 3. The Labute approximate surface area is 194 Å². The van der Waals surface area contributed by atoms with Crippen LogP contribution in [-0.2, 0) is 11.3 Å². The van der Waals surface area contributed by atoms with Crippen molar-refractivity contribution in [2.75, 3.05) is 18.4 Å². The van der Waals surface area contributed by atoms with E-state index in [1.807, 2.05) is 0 Å². The highest BCUT2D eigenvalue weighted by molar-refractivity contribution is 6.59. The maximum atomic E-state index is 12.5. The molecule has 0 heterocycles. The normalized spacial score (nSPS) is 11.0. The summed E-state index contributed by atoms with van der Waals surface area (Å²) in [4.78, 5) is 34.3. The van der Waals surface area contributed by atoms with Crippen LogP contribution in [0.3, 0.4) is 0 Å². The number of benzene rings is 2. The van der Waals surface area contributed by atoms with E-state index in [2.05, 4.69) is 10.6 Å². The molecule has 2 amide bonds. The number of aldehydes is 1. The van der Waals surface area contributed by atoms with Crippen LogP contribution in [-0.4, -0.2) is 54.5 Å². The number of hydrogen-bond acceptors (Lipinski definition) is 6. The van der Waals surface area contributed by atoms with Crippen molar-refractivity contribution in [3.05, 3.63) is 59.2 Å². The molecule has 0 atom stereocenters. The third kappa shape index (κ3) is 8.20. The summed E-state index contributed by atoms with van der Waals surface area (Å²) in [6, 6.07) is 11.2. The first-order valence-corrected chi connectivity index (χ1v) is 10.5. The van der Waals surface area contributed by atoms with Crippen LogP contribution in [0.1, 0.15) is 45.5 Å². The van der Waals surface area contributed by atoms with E-state index in [0.717, 1.165) is 0 Å². The third-order valence-electron chi connectivity index (χ3n) is 4.92. The largest absolute Gasteiger partial charge is 0.488 e. The molecule has 5 N–H and O–H groups in total. The molecular formula is C22H25BF3N3O5. The number of carbonyl (C=O) groups is 3. The van der Waals surface area contributed by atoms with Crippen molar-refractivity contribution in [2.45, 2.75) is 32.0 Å². The van der Waals surface area contributed by atoms with Gasteiger partial charge in [-0.05, 0) is 54.6 Å². The molecule has 0 aliphatic heterocycles. The summed E-state index contributed by atoms with van der Waals surface area (Å²) < 4.78 is 36.3. The minimum Gasteiger partial charge on any atom is -0.423 e. The van der Waals surface area contributed by atoms with Gasteiger partial charge in [-0.15, -0.1) is 0 Å². The van der Waals surface area contributed by atoms with Crippen LogP contribution in [0.15, 0.2) is 42.5 Å². The maximum Gasteiger partial charge on any atom is 0.488 e. The Bertz CT molecular complexity index is 1000. The monoisotopic (exact) mass is 479 g/mol. The van der Waals surface area contributed by atoms with Gasteiger partial charge in [0, 0.05) is 36.4 Å². The fourth-order valence-electron chi connectivity index (χ4n) is 3.14. The predicted molar refractivity (Wildman–Crippen MR) is 121 cm³/mol. The van der Waals surface area contributed by atoms with E-state index in [9.17, 15) is 37.6 Å². The quantitative estimate of drug-likeness (QED) is 0.178. The highest BCUT2D eigenvalue weighted by Gasteiger charge is 2.38. The molecule has 0 bridgehead atoms. The van der Waals surface area contributed by atoms with Crippen LogP contribution in [0.25, 0.3) is 0 Å². The molecule has 0 unspecified atom stereocenters. The third-order valence-corrected chi connectivity index (χ3v) is 4.92. The lowest BCUT2D eigenvalue weighted by atomic mass is 9.76. The Balaban J connectivity index is 1.88. The molecule has 2 aromatic rings.